The van der Waals surface area contributed by atoms with Crippen LogP contribution in [-0.2, 0) is 11.2 Å². The number of thiol groups is 1. The van der Waals surface area contributed by atoms with E-state index in [1.54, 1.807) is 6.92 Å². The molecule has 0 aliphatic heterocycles. The minimum Gasteiger partial charge on any atom is -0.300 e. The van der Waals surface area contributed by atoms with Crippen molar-refractivity contribution < 1.29 is 4.79 Å². The number of carbonyl (C=O) groups is 1. The second kappa shape index (κ2) is 4.10. The van der Waals surface area contributed by atoms with Crippen molar-refractivity contribution in [2.45, 2.75) is 18.2 Å². The molecular formula is C9H9BrOS. The average Bonchev–Trinajstić information content (AvgIpc) is 1.98. The molecule has 0 atom stereocenters. The van der Waals surface area contributed by atoms with Crippen LogP contribution in [0.2, 0.25) is 0 Å². The topological polar surface area (TPSA) is 17.1 Å². The van der Waals surface area contributed by atoms with Gasteiger partial charge < -0.3 is 0 Å². The van der Waals surface area contributed by atoms with Crippen LogP contribution in [0.4, 0.5) is 0 Å². The average molecular weight is 245 g/mol. The predicted octanol–water partition coefficient (Wildman–Crippen LogP) is 2.87. The van der Waals surface area contributed by atoms with E-state index in [9.17, 15) is 4.79 Å². The van der Waals surface area contributed by atoms with Gasteiger partial charge in [0.25, 0.3) is 0 Å². The molecule has 12 heavy (non-hydrogen) atoms. The van der Waals surface area contributed by atoms with E-state index in [0.717, 1.165) is 14.9 Å². The molecule has 0 unspecified atom stereocenters. The number of carbonyl (C=O) groups excluding carboxylic acids is 1. The van der Waals surface area contributed by atoms with Crippen LogP contribution >= 0.6 is 28.6 Å². The molecule has 3 heteroatoms. The first-order valence-electron chi connectivity index (χ1n) is 3.57. The van der Waals surface area contributed by atoms with Gasteiger partial charge in [-0.15, -0.1) is 12.6 Å². The van der Waals surface area contributed by atoms with Crippen molar-refractivity contribution in [1.82, 2.24) is 0 Å². The summed E-state index contributed by atoms with van der Waals surface area (Å²) in [6.07, 6.45) is 0.467. The van der Waals surface area contributed by atoms with Crippen molar-refractivity contribution in [1.29, 1.82) is 0 Å². The molecule has 0 bridgehead atoms. The lowest BCUT2D eigenvalue weighted by Gasteiger charge is -2.03. The minimum absolute atomic E-state index is 0.162. The Hall–Kier alpha value is -0.280. The van der Waals surface area contributed by atoms with E-state index < -0.39 is 0 Å². The molecule has 1 rings (SSSR count). The highest BCUT2D eigenvalue weighted by molar-refractivity contribution is 9.10. The summed E-state index contributed by atoms with van der Waals surface area (Å²) in [5.41, 5.74) is 0.995. The molecule has 0 radical (unpaired) electrons. The van der Waals surface area contributed by atoms with Crippen LogP contribution in [0.25, 0.3) is 0 Å². The zero-order chi connectivity index (χ0) is 9.14. The lowest BCUT2D eigenvalue weighted by Crippen LogP contribution is -1.97. The van der Waals surface area contributed by atoms with Gasteiger partial charge in [-0.05, 0) is 34.5 Å². The number of halogens is 1. The van der Waals surface area contributed by atoms with Gasteiger partial charge in [0.15, 0.2) is 0 Å². The highest BCUT2D eigenvalue weighted by atomic mass is 79.9. The highest BCUT2D eigenvalue weighted by Gasteiger charge is 2.04. The van der Waals surface area contributed by atoms with Crippen molar-refractivity contribution in [3.8, 4) is 0 Å². The van der Waals surface area contributed by atoms with Gasteiger partial charge in [0.2, 0.25) is 0 Å². The van der Waals surface area contributed by atoms with Crippen LogP contribution in [0.3, 0.4) is 0 Å². The van der Waals surface area contributed by atoms with Gasteiger partial charge in [-0.3, -0.25) is 4.79 Å². The van der Waals surface area contributed by atoms with E-state index in [-0.39, 0.29) is 5.78 Å². The lowest BCUT2D eigenvalue weighted by atomic mass is 10.1. The zero-order valence-electron chi connectivity index (χ0n) is 6.67. The van der Waals surface area contributed by atoms with Gasteiger partial charge >= 0.3 is 0 Å². The van der Waals surface area contributed by atoms with Gasteiger partial charge in [-0.25, -0.2) is 0 Å². The van der Waals surface area contributed by atoms with Gasteiger partial charge in [0.1, 0.15) is 5.78 Å². The second-order valence-electron chi connectivity index (χ2n) is 2.63. The summed E-state index contributed by atoms with van der Waals surface area (Å²) in [6.45, 7) is 1.58. The first kappa shape index (κ1) is 9.81. The third-order valence-electron chi connectivity index (χ3n) is 1.50. The Morgan fingerprint density at radius 1 is 1.58 bits per heavy atom. The van der Waals surface area contributed by atoms with Gasteiger partial charge in [-0.2, -0.15) is 0 Å². The quantitative estimate of drug-likeness (QED) is 0.793. The van der Waals surface area contributed by atoms with Crippen LogP contribution in [-0.4, -0.2) is 5.78 Å². The monoisotopic (exact) mass is 244 g/mol. The van der Waals surface area contributed by atoms with E-state index in [0.29, 0.717) is 6.42 Å². The smallest absolute Gasteiger partial charge is 0.134 e. The van der Waals surface area contributed by atoms with E-state index in [4.69, 9.17) is 0 Å². The first-order chi connectivity index (χ1) is 5.61. The van der Waals surface area contributed by atoms with Crippen molar-refractivity contribution in [3.63, 3.8) is 0 Å². The number of rotatable bonds is 2. The molecule has 0 spiro atoms. The summed E-state index contributed by atoms with van der Waals surface area (Å²) >= 11 is 7.61. The standard InChI is InChI=1S/C9H9BrOS/c1-6(11)5-7-3-2-4-8(12)9(7)10/h2-4,12H,5H2,1H3. The molecule has 1 aromatic carbocycles. The highest BCUT2D eigenvalue weighted by Crippen LogP contribution is 2.24. The Labute approximate surface area is 85.7 Å². The molecule has 0 amide bonds. The maximum Gasteiger partial charge on any atom is 0.134 e. The summed E-state index contributed by atoms with van der Waals surface area (Å²) in [5.74, 6) is 0.162. The molecule has 0 heterocycles. The van der Waals surface area contributed by atoms with Crippen molar-refractivity contribution in [3.05, 3.63) is 28.2 Å². The Kier molecular flexibility index (Phi) is 3.35. The molecule has 0 aromatic heterocycles. The fraction of sp³-hybridized carbons (Fsp3) is 0.222. The molecule has 0 fully saturated rings. The Morgan fingerprint density at radius 3 is 2.83 bits per heavy atom. The lowest BCUT2D eigenvalue weighted by molar-refractivity contribution is -0.116. The summed E-state index contributed by atoms with van der Waals surface area (Å²) < 4.78 is 0.920. The van der Waals surface area contributed by atoms with Crippen LogP contribution in [0, 0.1) is 0 Å². The van der Waals surface area contributed by atoms with Gasteiger partial charge in [0.05, 0.1) is 0 Å². The van der Waals surface area contributed by atoms with E-state index >= 15 is 0 Å². The van der Waals surface area contributed by atoms with Crippen LogP contribution < -0.4 is 0 Å². The maximum absolute atomic E-state index is 10.8. The maximum atomic E-state index is 10.8. The zero-order valence-corrected chi connectivity index (χ0v) is 9.15. The third kappa shape index (κ3) is 2.35. The number of hydrogen-bond donors (Lipinski definition) is 1. The molecule has 1 nitrogen and oxygen atoms in total. The number of hydrogen-bond acceptors (Lipinski definition) is 2. The van der Waals surface area contributed by atoms with Crippen LogP contribution in [0.15, 0.2) is 27.6 Å². The second-order valence-corrected chi connectivity index (χ2v) is 3.90. The SMILES string of the molecule is CC(=O)Cc1cccc(S)c1Br. The number of benzene rings is 1. The van der Waals surface area contributed by atoms with Crippen LogP contribution in [0.1, 0.15) is 12.5 Å². The van der Waals surface area contributed by atoms with Gasteiger partial charge in [0, 0.05) is 15.8 Å². The summed E-state index contributed by atoms with van der Waals surface area (Å²) in [6, 6.07) is 5.70. The first-order valence-corrected chi connectivity index (χ1v) is 4.81. The van der Waals surface area contributed by atoms with Crippen molar-refractivity contribution in [2.75, 3.05) is 0 Å². The molecule has 64 valence electrons. The molecule has 0 aliphatic rings. The number of Topliss-reactive ketones (excluding diaryl/α,β-unsaturated/α-hetero) is 1. The fourth-order valence-corrected chi connectivity index (χ4v) is 1.61. The van der Waals surface area contributed by atoms with E-state index in [1.165, 1.54) is 0 Å². The fourth-order valence-electron chi connectivity index (χ4n) is 0.971. The number of ketones is 1. The molecule has 0 saturated carbocycles. The molecular weight excluding hydrogens is 236 g/mol. The summed E-state index contributed by atoms with van der Waals surface area (Å²) in [7, 11) is 0. The van der Waals surface area contributed by atoms with Crippen molar-refractivity contribution >= 4 is 34.3 Å². The Balaban J connectivity index is 3.00. The predicted molar refractivity (Wildman–Crippen MR) is 55.8 cm³/mol. The minimum atomic E-state index is 0.162. The largest absolute Gasteiger partial charge is 0.300 e. The third-order valence-corrected chi connectivity index (χ3v) is 3.11. The summed E-state index contributed by atoms with van der Waals surface area (Å²) in [5, 5.41) is 0. The van der Waals surface area contributed by atoms with Crippen molar-refractivity contribution in [2.24, 2.45) is 0 Å². The summed E-state index contributed by atoms with van der Waals surface area (Å²) in [4.78, 5) is 11.7. The Morgan fingerprint density at radius 2 is 2.25 bits per heavy atom. The molecule has 1 aromatic rings. The van der Waals surface area contributed by atoms with E-state index in [2.05, 4.69) is 28.6 Å². The molecule has 0 aliphatic carbocycles. The van der Waals surface area contributed by atoms with Crippen LogP contribution in [0.5, 0.6) is 0 Å². The van der Waals surface area contributed by atoms with E-state index in [1.807, 2.05) is 18.2 Å². The Bertz CT molecular complexity index is 309. The molecule has 0 N–H and O–H groups in total. The molecule has 0 saturated heterocycles. The normalized spacial score (nSPS) is 9.92. The van der Waals surface area contributed by atoms with Gasteiger partial charge in [-0.1, -0.05) is 12.1 Å².